The van der Waals surface area contributed by atoms with Crippen LogP contribution in [0.1, 0.15) is 116 Å². The molecule has 10 amide bonds. The summed E-state index contributed by atoms with van der Waals surface area (Å²) in [4.78, 5) is 143. The van der Waals surface area contributed by atoms with Gasteiger partial charge in [-0.3, -0.25) is 52.7 Å². The number of amides is 10. The van der Waals surface area contributed by atoms with Gasteiger partial charge in [0.15, 0.2) is 0 Å². The van der Waals surface area contributed by atoms with Crippen molar-refractivity contribution in [3.63, 3.8) is 0 Å². The summed E-state index contributed by atoms with van der Waals surface area (Å²) in [5.74, 6) is -9.68. The van der Waals surface area contributed by atoms with Crippen LogP contribution in [0.15, 0.2) is 0 Å². The molecule has 0 aromatic heterocycles. The predicted molar refractivity (Wildman–Crippen MR) is 270 cm³/mol. The van der Waals surface area contributed by atoms with Crippen molar-refractivity contribution in [1.82, 2.24) is 53.2 Å². The van der Waals surface area contributed by atoms with Gasteiger partial charge < -0.3 is 64.0 Å². The molecule has 23 nitrogen and oxygen atoms in total. The van der Waals surface area contributed by atoms with Crippen LogP contribution in [0.25, 0.3) is 0 Å². The highest BCUT2D eigenvalue weighted by Gasteiger charge is 2.36. The van der Waals surface area contributed by atoms with E-state index in [1.54, 1.807) is 55.4 Å². The lowest BCUT2D eigenvalue weighted by Crippen LogP contribution is -2.61. The second-order valence-electron chi connectivity index (χ2n) is 19.4. The van der Waals surface area contributed by atoms with Crippen molar-refractivity contribution in [2.45, 2.75) is 164 Å². The van der Waals surface area contributed by atoms with Crippen molar-refractivity contribution in [3.8, 4) is 0 Å². The van der Waals surface area contributed by atoms with Crippen LogP contribution in [0, 0.1) is 35.5 Å². The van der Waals surface area contributed by atoms with Gasteiger partial charge in [0.25, 0.3) is 0 Å². The molecule has 0 saturated carbocycles. The minimum Gasteiger partial charge on any atom is -0.480 e. The fourth-order valence-electron chi connectivity index (χ4n) is 6.68. The number of nitrogens with one attached hydrogen (secondary N) is 10. The molecule has 0 aliphatic carbocycles. The highest BCUT2D eigenvalue weighted by molar-refractivity contribution is 7.98. The SMILES string of the molecule is CC[C@H](C)[C@H](N)C(=O)NCC(=O)N[C@@H](CC(C)C)C(=O)N[C@@H](CCSC)C(=O)N[C@H](C(=O)NCC(=O)NCC(=O)N[C@H](C(=O)N[C@H](C(=O)N[C@H](C(=O)N[C@@H](C)C(=O)O)[C@@H](C)CC)C(C)C)C(C)C)C(C)C. The lowest BCUT2D eigenvalue weighted by atomic mass is 9.95. The molecule has 0 radical (unpaired) electrons. The predicted octanol–water partition coefficient (Wildman–Crippen LogP) is -0.980. The highest BCUT2D eigenvalue weighted by Crippen LogP contribution is 2.13. The summed E-state index contributed by atoms with van der Waals surface area (Å²) in [5, 5.41) is 34.8. The van der Waals surface area contributed by atoms with Crippen LogP contribution in [0.4, 0.5) is 0 Å². The van der Waals surface area contributed by atoms with E-state index in [9.17, 15) is 57.8 Å². The molecule has 0 fully saturated rings. The molecular weight excluding hydrogens is 943 g/mol. The molecule has 0 rings (SSSR count). The Morgan fingerprint density at radius 3 is 1.38 bits per heavy atom. The number of carboxylic acids is 1. The molecule has 24 heteroatoms. The Morgan fingerprint density at radius 1 is 0.465 bits per heavy atom. The first kappa shape index (κ1) is 65.5. The van der Waals surface area contributed by atoms with Gasteiger partial charge in [-0.05, 0) is 67.3 Å². The Balaban J connectivity index is 5.70. The van der Waals surface area contributed by atoms with Crippen LogP contribution < -0.4 is 58.9 Å². The maximum atomic E-state index is 13.7. The van der Waals surface area contributed by atoms with E-state index in [0.717, 1.165) is 0 Å². The van der Waals surface area contributed by atoms with Gasteiger partial charge in [0.1, 0.15) is 42.3 Å². The van der Waals surface area contributed by atoms with E-state index >= 15 is 0 Å². The zero-order valence-corrected chi connectivity index (χ0v) is 45.0. The number of thioether (sulfide) groups is 1. The number of hydrogen-bond donors (Lipinski definition) is 12. The number of rotatable bonds is 33. The third-order valence-corrected chi connectivity index (χ3v) is 12.4. The number of hydrogen-bond acceptors (Lipinski definition) is 13. The zero-order chi connectivity index (χ0) is 54.9. The van der Waals surface area contributed by atoms with Crippen molar-refractivity contribution in [1.29, 1.82) is 0 Å². The summed E-state index contributed by atoms with van der Waals surface area (Å²) in [6.07, 6.45) is 3.33. The normalized spacial score (nSPS) is 15.5. The van der Waals surface area contributed by atoms with Gasteiger partial charge in [-0.1, -0.05) is 95.9 Å². The maximum Gasteiger partial charge on any atom is 0.325 e. The quantitative estimate of drug-likeness (QED) is 0.0376. The summed E-state index contributed by atoms with van der Waals surface area (Å²) in [6.45, 7) is 20.6. The summed E-state index contributed by atoms with van der Waals surface area (Å²) in [7, 11) is 0. The van der Waals surface area contributed by atoms with Crippen molar-refractivity contribution in [3.05, 3.63) is 0 Å². The molecule has 0 bridgehead atoms. The number of carbonyl (C=O) groups excluding carboxylic acids is 10. The zero-order valence-electron chi connectivity index (χ0n) is 44.2. The summed E-state index contributed by atoms with van der Waals surface area (Å²) in [5.41, 5.74) is 5.96. The van der Waals surface area contributed by atoms with Crippen molar-refractivity contribution in [2.24, 2.45) is 41.2 Å². The van der Waals surface area contributed by atoms with Gasteiger partial charge in [-0.15, -0.1) is 0 Å². The molecule has 13 N–H and O–H groups in total. The molecular formula is C47H85N11O12S. The topological polar surface area (TPSA) is 354 Å². The average Bonchev–Trinajstić information content (AvgIpc) is 3.30. The Morgan fingerprint density at radius 2 is 0.887 bits per heavy atom. The molecule has 0 spiro atoms. The Bertz CT molecular complexity index is 1820. The Labute approximate surface area is 423 Å². The van der Waals surface area contributed by atoms with E-state index in [2.05, 4.69) is 53.2 Å². The van der Waals surface area contributed by atoms with Gasteiger partial charge in [-0.25, -0.2) is 0 Å². The second-order valence-corrected chi connectivity index (χ2v) is 20.4. The molecule has 10 atom stereocenters. The van der Waals surface area contributed by atoms with E-state index in [4.69, 9.17) is 5.73 Å². The van der Waals surface area contributed by atoms with Crippen LogP contribution in [-0.2, 0) is 52.7 Å². The van der Waals surface area contributed by atoms with Gasteiger partial charge >= 0.3 is 5.97 Å². The minimum atomic E-state index is -1.26. The van der Waals surface area contributed by atoms with Gasteiger partial charge in [-0.2, -0.15) is 11.8 Å². The first-order valence-corrected chi connectivity index (χ1v) is 25.8. The van der Waals surface area contributed by atoms with E-state index in [0.29, 0.717) is 18.6 Å². The third-order valence-electron chi connectivity index (χ3n) is 11.7. The van der Waals surface area contributed by atoms with Crippen LogP contribution in [-0.4, -0.2) is 150 Å². The van der Waals surface area contributed by atoms with Crippen LogP contribution in [0.2, 0.25) is 0 Å². The van der Waals surface area contributed by atoms with E-state index in [-0.39, 0.29) is 24.7 Å². The molecule has 0 aromatic rings. The number of nitrogens with two attached hydrogens (primary N) is 1. The van der Waals surface area contributed by atoms with Gasteiger partial charge in [0.2, 0.25) is 59.1 Å². The molecule has 0 saturated heterocycles. The van der Waals surface area contributed by atoms with Crippen molar-refractivity contribution in [2.75, 3.05) is 31.6 Å². The molecule has 406 valence electrons. The number of carboxylic acid groups (broad SMARTS) is 1. The van der Waals surface area contributed by atoms with Crippen molar-refractivity contribution >= 4 is 76.8 Å². The average molecular weight is 1030 g/mol. The first-order chi connectivity index (χ1) is 33.0. The molecule has 0 aliphatic heterocycles. The maximum absolute atomic E-state index is 13.7. The van der Waals surface area contributed by atoms with E-state index in [1.165, 1.54) is 18.7 Å². The largest absolute Gasteiger partial charge is 0.480 e. The Hall–Kier alpha value is -5.52. The summed E-state index contributed by atoms with van der Waals surface area (Å²) in [6, 6.07) is -8.80. The first-order valence-electron chi connectivity index (χ1n) is 24.4. The lowest BCUT2D eigenvalue weighted by molar-refractivity contribution is -0.142. The summed E-state index contributed by atoms with van der Waals surface area (Å²) < 4.78 is 0. The summed E-state index contributed by atoms with van der Waals surface area (Å²) >= 11 is 1.42. The molecule has 0 heterocycles. The van der Waals surface area contributed by atoms with Crippen LogP contribution in [0.5, 0.6) is 0 Å². The van der Waals surface area contributed by atoms with Crippen LogP contribution >= 0.6 is 11.8 Å². The van der Waals surface area contributed by atoms with E-state index in [1.807, 2.05) is 34.0 Å². The molecule has 0 aliphatic rings. The number of aliphatic carboxylic acids is 1. The molecule has 0 unspecified atom stereocenters. The highest BCUT2D eigenvalue weighted by atomic mass is 32.2. The third kappa shape index (κ3) is 24.4. The fraction of sp³-hybridized carbons (Fsp3) is 0.766. The molecule has 0 aromatic carbocycles. The van der Waals surface area contributed by atoms with Gasteiger partial charge in [0.05, 0.1) is 25.7 Å². The molecule has 71 heavy (non-hydrogen) atoms. The minimum absolute atomic E-state index is 0.0520. The monoisotopic (exact) mass is 1030 g/mol. The standard InChI is InChI=1S/C47H85N11O12S/c1-15-27(11)35(48)42(64)50-22-33(60)53-31(19-23(3)4)41(63)54-30(17-18-71-14)40(62)56-36(24(5)6)43(65)51-20-32(59)49-21-34(61)55-37(25(7)8)44(66)57-38(26(9)10)45(67)58-39(28(12)16-2)46(68)52-29(13)47(69)70/h23-31,35-39H,15-22,48H2,1-14H3,(H,49,59)(H,50,64)(H,51,65)(H,52,68)(H,53,60)(H,54,63)(H,55,61)(H,56,62)(H,57,66)(H,58,67)(H,69,70)/t27-,28-,29-,30-,31-,35-,36-,37-,38-,39-/m0/s1. The number of carbonyl (C=O) groups is 11. The Kier molecular flexibility index (Phi) is 30.6. The fourth-order valence-corrected chi connectivity index (χ4v) is 7.15. The van der Waals surface area contributed by atoms with E-state index < -0.39 is 157 Å². The van der Waals surface area contributed by atoms with Crippen LogP contribution in [0.3, 0.4) is 0 Å². The lowest BCUT2D eigenvalue weighted by Gasteiger charge is -2.30. The van der Waals surface area contributed by atoms with Gasteiger partial charge in [0, 0.05) is 0 Å². The van der Waals surface area contributed by atoms with Crippen molar-refractivity contribution < 1.29 is 57.8 Å². The second kappa shape index (κ2) is 33.2. The smallest absolute Gasteiger partial charge is 0.325 e.